The molecule has 0 heterocycles. The number of nitrogens with one attached hydrogen (secondary N) is 1. The topological polar surface area (TPSA) is 29.1 Å². The molecule has 2 nitrogen and oxygen atoms in total. The summed E-state index contributed by atoms with van der Waals surface area (Å²) in [5.74, 6) is 0.951. The molecule has 0 aliphatic carbocycles. The largest absolute Gasteiger partial charge is 0.323 e. The highest BCUT2D eigenvalue weighted by atomic mass is 16.1. The van der Waals surface area contributed by atoms with Crippen molar-refractivity contribution in [2.45, 2.75) is 46.0 Å². The standard InChI is InChI=1S/C22H27NO/c1-5-17(4)20-11-13-21(14-12-20)23-22(24)15-8-18-6-9-19(10-7-18)16(2)3/h6-17H,5H2,1-4H3,(H,23,24)/b15-8+. The maximum absolute atomic E-state index is 12.0. The Labute approximate surface area is 145 Å². The van der Waals surface area contributed by atoms with Gasteiger partial charge in [0, 0.05) is 11.8 Å². The summed E-state index contributed by atoms with van der Waals surface area (Å²) in [7, 11) is 0. The molecule has 1 unspecified atom stereocenters. The van der Waals surface area contributed by atoms with Crippen molar-refractivity contribution >= 4 is 17.7 Å². The van der Waals surface area contributed by atoms with Gasteiger partial charge in [-0.25, -0.2) is 0 Å². The molecule has 0 fully saturated rings. The second-order valence-corrected chi connectivity index (χ2v) is 6.58. The first-order valence-electron chi connectivity index (χ1n) is 8.68. The van der Waals surface area contributed by atoms with Crippen LogP contribution in [0.2, 0.25) is 0 Å². The predicted molar refractivity (Wildman–Crippen MR) is 103 cm³/mol. The fourth-order valence-corrected chi connectivity index (χ4v) is 2.48. The van der Waals surface area contributed by atoms with Crippen molar-refractivity contribution in [2.75, 3.05) is 5.32 Å². The average Bonchev–Trinajstić information content (AvgIpc) is 2.60. The summed E-state index contributed by atoms with van der Waals surface area (Å²) in [5.41, 5.74) is 4.46. The Morgan fingerprint density at radius 2 is 1.54 bits per heavy atom. The van der Waals surface area contributed by atoms with Gasteiger partial charge in [-0.2, -0.15) is 0 Å². The van der Waals surface area contributed by atoms with Gasteiger partial charge in [0.1, 0.15) is 0 Å². The highest BCUT2D eigenvalue weighted by Gasteiger charge is 2.03. The number of hydrogen-bond acceptors (Lipinski definition) is 1. The Hall–Kier alpha value is -2.35. The lowest BCUT2D eigenvalue weighted by molar-refractivity contribution is -0.111. The molecular weight excluding hydrogens is 294 g/mol. The van der Waals surface area contributed by atoms with Crippen molar-refractivity contribution in [3.8, 4) is 0 Å². The Kier molecular flexibility index (Phi) is 6.36. The van der Waals surface area contributed by atoms with Gasteiger partial charge in [0.05, 0.1) is 0 Å². The van der Waals surface area contributed by atoms with Gasteiger partial charge in [0.15, 0.2) is 0 Å². The van der Waals surface area contributed by atoms with Gasteiger partial charge >= 0.3 is 0 Å². The summed E-state index contributed by atoms with van der Waals surface area (Å²) in [6.07, 6.45) is 4.53. The lowest BCUT2D eigenvalue weighted by Gasteiger charge is -2.09. The molecule has 1 atom stereocenters. The minimum absolute atomic E-state index is 0.112. The number of amides is 1. The van der Waals surface area contributed by atoms with Crippen LogP contribution in [0.1, 0.15) is 62.6 Å². The second-order valence-electron chi connectivity index (χ2n) is 6.58. The van der Waals surface area contributed by atoms with E-state index in [0.29, 0.717) is 11.8 Å². The third kappa shape index (κ3) is 5.09. The van der Waals surface area contributed by atoms with Crippen molar-refractivity contribution < 1.29 is 4.79 Å². The van der Waals surface area contributed by atoms with Gasteiger partial charge in [-0.1, -0.05) is 64.1 Å². The van der Waals surface area contributed by atoms with Gasteiger partial charge in [0.25, 0.3) is 0 Å². The summed E-state index contributed by atoms with van der Waals surface area (Å²) < 4.78 is 0. The Bertz CT molecular complexity index is 681. The summed E-state index contributed by atoms with van der Waals surface area (Å²) in [5, 5.41) is 2.90. The molecule has 1 N–H and O–H groups in total. The smallest absolute Gasteiger partial charge is 0.248 e. The van der Waals surface area contributed by atoms with Crippen LogP contribution in [0, 0.1) is 0 Å². The van der Waals surface area contributed by atoms with Crippen LogP contribution in [0.5, 0.6) is 0 Å². The molecule has 24 heavy (non-hydrogen) atoms. The zero-order chi connectivity index (χ0) is 17.5. The molecular formula is C22H27NO. The fraction of sp³-hybridized carbons (Fsp3) is 0.318. The van der Waals surface area contributed by atoms with Crippen LogP contribution in [-0.4, -0.2) is 5.91 Å². The molecule has 2 aromatic rings. The molecule has 0 aliphatic heterocycles. The van der Waals surface area contributed by atoms with E-state index in [1.807, 2.05) is 30.3 Å². The number of rotatable bonds is 6. The van der Waals surface area contributed by atoms with Crippen LogP contribution in [-0.2, 0) is 4.79 Å². The van der Waals surface area contributed by atoms with Crippen LogP contribution in [0.4, 0.5) is 5.69 Å². The molecule has 0 saturated heterocycles. The van der Waals surface area contributed by atoms with Gasteiger partial charge < -0.3 is 5.32 Å². The normalized spacial score (nSPS) is 12.5. The summed E-state index contributed by atoms with van der Waals surface area (Å²) in [4.78, 5) is 12.0. The Morgan fingerprint density at radius 3 is 2.08 bits per heavy atom. The van der Waals surface area contributed by atoms with E-state index < -0.39 is 0 Å². The molecule has 0 radical (unpaired) electrons. The van der Waals surface area contributed by atoms with Crippen molar-refractivity contribution in [1.29, 1.82) is 0 Å². The third-order valence-corrected chi connectivity index (χ3v) is 4.39. The van der Waals surface area contributed by atoms with Crippen molar-refractivity contribution in [1.82, 2.24) is 0 Å². The number of hydrogen-bond donors (Lipinski definition) is 1. The molecule has 0 spiro atoms. The summed E-state index contributed by atoms with van der Waals surface area (Å²) in [6.45, 7) is 8.73. The number of carbonyl (C=O) groups excluding carboxylic acids is 1. The highest BCUT2D eigenvalue weighted by molar-refractivity contribution is 6.01. The van der Waals surface area contributed by atoms with Gasteiger partial charge in [-0.3, -0.25) is 4.79 Å². The first-order valence-corrected chi connectivity index (χ1v) is 8.68. The summed E-state index contributed by atoms with van der Waals surface area (Å²) >= 11 is 0. The average molecular weight is 321 g/mol. The number of carbonyl (C=O) groups is 1. The monoisotopic (exact) mass is 321 g/mol. The van der Waals surface area contributed by atoms with Crippen LogP contribution in [0.15, 0.2) is 54.6 Å². The minimum Gasteiger partial charge on any atom is -0.323 e. The van der Waals surface area contributed by atoms with E-state index in [1.54, 1.807) is 6.08 Å². The molecule has 0 aromatic heterocycles. The maximum atomic E-state index is 12.0. The van der Waals surface area contributed by atoms with Gasteiger partial charge in [0.2, 0.25) is 5.91 Å². The quantitative estimate of drug-likeness (QED) is 0.652. The van der Waals surface area contributed by atoms with Crippen molar-refractivity contribution in [3.05, 3.63) is 71.3 Å². The van der Waals surface area contributed by atoms with Crippen LogP contribution >= 0.6 is 0 Å². The predicted octanol–water partition coefficient (Wildman–Crippen LogP) is 5.98. The van der Waals surface area contributed by atoms with Gasteiger partial charge in [-0.05, 0) is 53.2 Å². The van der Waals surface area contributed by atoms with Crippen molar-refractivity contribution in [3.63, 3.8) is 0 Å². The first kappa shape index (κ1) is 18.0. The molecule has 0 aliphatic rings. The molecule has 126 valence electrons. The van der Waals surface area contributed by atoms with E-state index in [2.05, 4.69) is 57.3 Å². The SMILES string of the molecule is CCC(C)c1ccc(NC(=O)/C=C/c2ccc(C(C)C)cc2)cc1. The lowest BCUT2D eigenvalue weighted by atomic mass is 9.99. The summed E-state index contributed by atoms with van der Waals surface area (Å²) in [6, 6.07) is 16.4. The molecule has 2 rings (SSSR count). The molecule has 2 aromatic carbocycles. The van der Waals surface area contributed by atoms with E-state index in [1.165, 1.54) is 11.1 Å². The fourth-order valence-electron chi connectivity index (χ4n) is 2.48. The zero-order valence-electron chi connectivity index (χ0n) is 15.0. The molecule has 2 heteroatoms. The maximum Gasteiger partial charge on any atom is 0.248 e. The van der Waals surface area contributed by atoms with Crippen LogP contribution in [0.25, 0.3) is 6.08 Å². The second kappa shape index (κ2) is 8.49. The Morgan fingerprint density at radius 1 is 0.958 bits per heavy atom. The molecule has 0 bridgehead atoms. The minimum atomic E-state index is -0.112. The molecule has 0 saturated carbocycles. The van der Waals surface area contributed by atoms with E-state index in [-0.39, 0.29) is 5.91 Å². The lowest BCUT2D eigenvalue weighted by Crippen LogP contribution is -2.07. The zero-order valence-corrected chi connectivity index (χ0v) is 15.0. The van der Waals surface area contributed by atoms with E-state index in [9.17, 15) is 4.79 Å². The highest BCUT2D eigenvalue weighted by Crippen LogP contribution is 2.20. The first-order chi connectivity index (χ1) is 11.5. The van der Waals surface area contributed by atoms with Crippen LogP contribution < -0.4 is 5.32 Å². The van der Waals surface area contributed by atoms with E-state index >= 15 is 0 Å². The molecule has 1 amide bonds. The number of anilines is 1. The van der Waals surface area contributed by atoms with E-state index in [4.69, 9.17) is 0 Å². The van der Waals surface area contributed by atoms with E-state index in [0.717, 1.165) is 17.7 Å². The Balaban J connectivity index is 1.94. The van der Waals surface area contributed by atoms with Crippen LogP contribution in [0.3, 0.4) is 0 Å². The third-order valence-electron chi connectivity index (χ3n) is 4.39. The van der Waals surface area contributed by atoms with Crippen molar-refractivity contribution in [2.24, 2.45) is 0 Å². The number of benzene rings is 2. The van der Waals surface area contributed by atoms with Gasteiger partial charge in [-0.15, -0.1) is 0 Å².